The van der Waals surface area contributed by atoms with Gasteiger partial charge in [-0.1, -0.05) is 24.3 Å². The Kier molecular flexibility index (Phi) is 9.97. The van der Waals surface area contributed by atoms with Gasteiger partial charge in [0.15, 0.2) is 11.5 Å². The lowest BCUT2D eigenvalue weighted by Crippen LogP contribution is -2.47. The van der Waals surface area contributed by atoms with Crippen LogP contribution in [0.25, 0.3) is 0 Å². The quantitative estimate of drug-likeness (QED) is 0.225. The molecule has 1 N–H and O–H groups in total. The molecule has 42 heavy (non-hydrogen) atoms. The van der Waals surface area contributed by atoms with Crippen LogP contribution in [0.15, 0.2) is 81.6 Å². The molecule has 0 atom stereocenters. The highest BCUT2D eigenvalue weighted by Gasteiger charge is 2.38. The van der Waals surface area contributed by atoms with E-state index in [1.807, 2.05) is 25.1 Å². The molecule has 0 unspecified atom stereocenters. The first-order chi connectivity index (χ1) is 20.2. The summed E-state index contributed by atoms with van der Waals surface area (Å²) < 4.78 is 39.5. The largest absolute Gasteiger partial charge is 0.495 e. The van der Waals surface area contributed by atoms with Crippen LogP contribution in [0, 0.1) is 6.92 Å². The normalized spacial score (nSPS) is 14.2. The van der Waals surface area contributed by atoms with Gasteiger partial charge in [-0.3, -0.25) is 4.79 Å². The zero-order chi connectivity index (χ0) is 30.3. The number of nitrogens with zero attached hydrogens (tertiary/aromatic N) is 4. The molecule has 0 bridgehead atoms. The Bertz CT molecular complexity index is 1600. The van der Waals surface area contributed by atoms with Gasteiger partial charge >= 0.3 is 0 Å². The minimum atomic E-state index is -4.05. The van der Waals surface area contributed by atoms with Crippen LogP contribution < -0.4 is 15.0 Å². The highest BCUT2D eigenvalue weighted by Crippen LogP contribution is 2.34. The van der Waals surface area contributed by atoms with Crippen LogP contribution in [0.2, 0.25) is 0 Å². The molecule has 222 valence electrons. The number of fused-ring (bicyclic) bond motifs is 1. The van der Waals surface area contributed by atoms with Crippen molar-refractivity contribution in [3.8, 4) is 5.75 Å². The molecule has 4 rings (SSSR count). The molecule has 1 aliphatic heterocycles. The molecule has 3 aromatic carbocycles. The second kappa shape index (κ2) is 13.6. The number of methoxy groups -OCH3 is 2. The van der Waals surface area contributed by atoms with Gasteiger partial charge in [0.2, 0.25) is 0 Å². The molecule has 0 saturated heterocycles. The standard InChI is InChI=1S/C31H37N5O5S/c1-6-35(7-2)23-17-18-24(22(3)21-23)32-29(31(37)34-25-13-8-10-15-27(25)41-5)30-33-26-14-9-11-16-28(26)42(38,39)36(30)19-12-20-40-4/h8-11,13-18,21H,6-7,12,19-20H2,1-5H3,(H,34,37)/b32-29-. The maximum absolute atomic E-state index is 14.0. The molecule has 0 fully saturated rings. The summed E-state index contributed by atoms with van der Waals surface area (Å²) in [5, 5.41) is 2.86. The number of benzene rings is 3. The summed E-state index contributed by atoms with van der Waals surface area (Å²) in [7, 11) is -0.993. The molecule has 11 heteroatoms. The Morgan fingerprint density at radius 3 is 2.43 bits per heavy atom. The van der Waals surface area contributed by atoms with Gasteiger partial charge in [-0.25, -0.2) is 22.7 Å². The van der Waals surface area contributed by atoms with Crippen molar-refractivity contribution < 1.29 is 22.7 Å². The van der Waals surface area contributed by atoms with Crippen molar-refractivity contribution in [1.82, 2.24) is 4.31 Å². The number of amides is 1. The van der Waals surface area contributed by atoms with Crippen LogP contribution >= 0.6 is 0 Å². The zero-order valence-electron chi connectivity index (χ0n) is 24.6. The molecule has 0 aromatic heterocycles. The zero-order valence-corrected chi connectivity index (χ0v) is 25.4. The van der Waals surface area contributed by atoms with Crippen molar-refractivity contribution in [2.45, 2.75) is 32.1 Å². The molecule has 0 saturated carbocycles. The van der Waals surface area contributed by atoms with Crippen molar-refractivity contribution in [3.05, 3.63) is 72.3 Å². The fourth-order valence-electron chi connectivity index (χ4n) is 4.72. The van der Waals surface area contributed by atoms with Gasteiger partial charge in [0.25, 0.3) is 15.9 Å². The van der Waals surface area contributed by atoms with Crippen LogP contribution in [0.5, 0.6) is 5.75 Å². The Labute approximate surface area is 247 Å². The van der Waals surface area contributed by atoms with E-state index in [0.29, 0.717) is 30.2 Å². The first kappa shape index (κ1) is 30.7. The number of hydrogen-bond acceptors (Lipinski definition) is 8. The van der Waals surface area contributed by atoms with Gasteiger partial charge < -0.3 is 19.7 Å². The summed E-state index contributed by atoms with van der Waals surface area (Å²) in [4.78, 5) is 25.8. The number of ether oxygens (including phenoxy) is 2. The van der Waals surface area contributed by atoms with E-state index in [-0.39, 0.29) is 28.7 Å². The van der Waals surface area contributed by atoms with E-state index in [0.717, 1.165) is 28.6 Å². The number of para-hydroxylation sites is 3. The number of anilines is 2. The molecule has 1 heterocycles. The lowest BCUT2D eigenvalue weighted by molar-refractivity contribution is -0.110. The number of amidine groups is 1. The van der Waals surface area contributed by atoms with Crippen molar-refractivity contribution in [2.75, 3.05) is 50.7 Å². The van der Waals surface area contributed by atoms with Crippen LogP contribution in [-0.4, -0.2) is 70.6 Å². The first-order valence-corrected chi connectivity index (χ1v) is 15.3. The van der Waals surface area contributed by atoms with Crippen LogP contribution in [0.4, 0.5) is 22.7 Å². The summed E-state index contributed by atoms with van der Waals surface area (Å²) in [6.07, 6.45) is 0.385. The molecule has 3 aromatic rings. The SMILES string of the molecule is CCN(CC)c1ccc(/N=C(\C(=O)Nc2ccccc2OC)C2=Nc3ccccc3S(=O)(=O)N2CCCOC)c(C)c1. The Morgan fingerprint density at radius 2 is 1.74 bits per heavy atom. The van der Waals surface area contributed by atoms with E-state index < -0.39 is 15.9 Å². The fourth-order valence-corrected chi connectivity index (χ4v) is 6.31. The third-order valence-electron chi connectivity index (χ3n) is 6.93. The van der Waals surface area contributed by atoms with Crippen molar-refractivity contribution in [3.63, 3.8) is 0 Å². The van der Waals surface area contributed by atoms with Gasteiger partial charge in [-0.15, -0.1) is 0 Å². The average molecular weight is 592 g/mol. The average Bonchev–Trinajstić information content (AvgIpc) is 2.99. The van der Waals surface area contributed by atoms with Crippen LogP contribution in [-0.2, 0) is 19.6 Å². The van der Waals surface area contributed by atoms with E-state index in [1.54, 1.807) is 49.6 Å². The van der Waals surface area contributed by atoms with Gasteiger partial charge in [0.05, 0.1) is 24.2 Å². The highest BCUT2D eigenvalue weighted by molar-refractivity contribution is 7.90. The Hall–Kier alpha value is -4.22. The maximum Gasteiger partial charge on any atom is 0.278 e. The first-order valence-electron chi connectivity index (χ1n) is 13.8. The van der Waals surface area contributed by atoms with Gasteiger partial charge in [-0.05, 0) is 75.2 Å². The fraction of sp³-hybridized carbons (Fsp3) is 0.323. The highest BCUT2D eigenvalue weighted by atomic mass is 32.2. The lowest BCUT2D eigenvalue weighted by Gasteiger charge is -2.30. The summed E-state index contributed by atoms with van der Waals surface area (Å²) in [5.41, 5.74) is 2.89. The molecule has 0 radical (unpaired) electrons. The van der Waals surface area contributed by atoms with E-state index >= 15 is 0 Å². The number of hydrogen-bond donors (Lipinski definition) is 1. The predicted octanol–water partition coefficient (Wildman–Crippen LogP) is 5.33. The predicted molar refractivity (Wildman–Crippen MR) is 167 cm³/mol. The monoisotopic (exact) mass is 591 g/mol. The molecule has 0 spiro atoms. The molecular formula is C31H37N5O5S. The topological polar surface area (TPSA) is 113 Å². The summed E-state index contributed by atoms with van der Waals surface area (Å²) in [6, 6.07) is 19.2. The van der Waals surface area contributed by atoms with Crippen LogP contribution in [0.3, 0.4) is 0 Å². The van der Waals surface area contributed by atoms with E-state index in [9.17, 15) is 13.2 Å². The number of carbonyl (C=O) groups is 1. The second-order valence-electron chi connectivity index (χ2n) is 9.58. The number of carbonyl (C=O) groups excluding carboxylic acids is 1. The third kappa shape index (κ3) is 6.47. The Balaban J connectivity index is 1.90. The van der Waals surface area contributed by atoms with Gasteiger partial charge in [0.1, 0.15) is 10.6 Å². The molecule has 10 nitrogen and oxygen atoms in total. The maximum atomic E-state index is 14.0. The van der Waals surface area contributed by atoms with E-state index in [2.05, 4.69) is 24.1 Å². The minimum Gasteiger partial charge on any atom is -0.495 e. The molecule has 1 aliphatic rings. The van der Waals surface area contributed by atoms with E-state index in [1.165, 1.54) is 13.2 Å². The smallest absolute Gasteiger partial charge is 0.278 e. The van der Waals surface area contributed by atoms with E-state index in [4.69, 9.17) is 19.5 Å². The third-order valence-corrected chi connectivity index (χ3v) is 8.77. The summed E-state index contributed by atoms with van der Waals surface area (Å²) in [6.45, 7) is 8.14. The van der Waals surface area contributed by atoms with Crippen molar-refractivity contribution in [1.29, 1.82) is 0 Å². The van der Waals surface area contributed by atoms with Crippen molar-refractivity contribution in [2.24, 2.45) is 9.98 Å². The molecule has 1 amide bonds. The van der Waals surface area contributed by atoms with Gasteiger partial charge in [0, 0.05) is 39.0 Å². The summed E-state index contributed by atoms with van der Waals surface area (Å²) in [5.74, 6) is -0.244. The second-order valence-corrected chi connectivity index (χ2v) is 11.4. The van der Waals surface area contributed by atoms with Gasteiger partial charge in [-0.2, -0.15) is 0 Å². The number of sulfonamides is 1. The summed E-state index contributed by atoms with van der Waals surface area (Å²) >= 11 is 0. The Morgan fingerprint density at radius 1 is 1.02 bits per heavy atom. The minimum absolute atomic E-state index is 0.0458. The number of nitrogens with one attached hydrogen (secondary N) is 1. The molecular weight excluding hydrogens is 554 g/mol. The van der Waals surface area contributed by atoms with Crippen LogP contribution in [0.1, 0.15) is 25.8 Å². The molecule has 0 aliphatic carbocycles. The van der Waals surface area contributed by atoms with Crippen molar-refractivity contribution >= 4 is 50.2 Å². The lowest BCUT2D eigenvalue weighted by atomic mass is 10.1. The number of aliphatic imine (C=N–C) groups is 2. The number of rotatable bonds is 12. The number of aryl methyl sites for hydroxylation is 1.